The lowest BCUT2D eigenvalue weighted by Crippen LogP contribution is -2.37. The molecule has 1 unspecified atom stereocenters. The van der Waals surface area contributed by atoms with Gasteiger partial charge in [0.2, 0.25) is 0 Å². The molecule has 0 heterocycles. The monoisotopic (exact) mass is 174 g/mol. The third-order valence-corrected chi connectivity index (χ3v) is 1.86. The van der Waals surface area contributed by atoms with Gasteiger partial charge in [-0.25, -0.2) is 9.82 Å². The van der Waals surface area contributed by atoms with Crippen molar-refractivity contribution < 1.29 is 4.39 Å². The average Bonchev–Trinajstić information content (AvgIpc) is 1.99. The lowest BCUT2D eigenvalue weighted by molar-refractivity contribution is 0.614. The maximum atomic E-state index is 12.7. The minimum Gasteiger partial charge on any atom is -0.271 e. The first kappa shape index (κ1) is 8.46. The van der Waals surface area contributed by atoms with E-state index in [0.717, 1.165) is 0 Å². The number of hydrogen-bond acceptors (Lipinski definition) is 2. The molecule has 2 nitrogen and oxygen atoms in total. The fourth-order valence-electron chi connectivity index (χ4n) is 0.837. The van der Waals surface area contributed by atoms with E-state index in [4.69, 9.17) is 17.4 Å². The summed E-state index contributed by atoms with van der Waals surface area (Å²) in [6.07, 6.45) is 2.80. The number of nitrogens with one attached hydrogen (secondary N) is 1. The molecular formula is C7H8ClFN2. The van der Waals surface area contributed by atoms with Crippen LogP contribution in [-0.4, -0.2) is 6.04 Å². The first-order valence-electron chi connectivity index (χ1n) is 3.05. The van der Waals surface area contributed by atoms with Crippen LogP contribution in [0.15, 0.2) is 35.2 Å². The van der Waals surface area contributed by atoms with E-state index in [-0.39, 0.29) is 5.03 Å². The van der Waals surface area contributed by atoms with Gasteiger partial charge >= 0.3 is 0 Å². The topological polar surface area (TPSA) is 38.0 Å². The normalized spacial score (nSPS) is 24.6. The molecule has 0 aromatic rings. The van der Waals surface area contributed by atoms with Gasteiger partial charge in [-0.3, -0.25) is 5.84 Å². The molecule has 0 amide bonds. The van der Waals surface area contributed by atoms with Gasteiger partial charge in [0.05, 0.1) is 11.1 Å². The SMILES string of the molecule is C=C1C=CC(F)=C(Cl)C1NN. The smallest absolute Gasteiger partial charge is 0.139 e. The van der Waals surface area contributed by atoms with E-state index in [1.165, 1.54) is 12.2 Å². The predicted molar refractivity (Wildman–Crippen MR) is 43.4 cm³/mol. The van der Waals surface area contributed by atoms with Crippen molar-refractivity contribution in [2.45, 2.75) is 6.04 Å². The number of halogens is 2. The minimum atomic E-state index is -0.485. The fourth-order valence-corrected chi connectivity index (χ4v) is 1.10. The summed E-state index contributed by atoms with van der Waals surface area (Å²) in [7, 11) is 0. The zero-order valence-electron chi connectivity index (χ0n) is 5.77. The molecule has 1 atom stereocenters. The highest BCUT2D eigenvalue weighted by atomic mass is 35.5. The van der Waals surface area contributed by atoms with E-state index in [2.05, 4.69) is 12.0 Å². The van der Waals surface area contributed by atoms with Crippen LogP contribution < -0.4 is 11.3 Å². The van der Waals surface area contributed by atoms with Crippen LogP contribution in [0, 0.1) is 0 Å². The summed E-state index contributed by atoms with van der Waals surface area (Å²) in [6.45, 7) is 3.64. The Hall–Kier alpha value is -0.640. The molecule has 1 aliphatic carbocycles. The number of hydrogen-bond donors (Lipinski definition) is 2. The molecule has 0 saturated carbocycles. The molecule has 0 aromatic heterocycles. The van der Waals surface area contributed by atoms with Crippen LogP contribution in [0.4, 0.5) is 4.39 Å². The maximum Gasteiger partial charge on any atom is 0.139 e. The van der Waals surface area contributed by atoms with E-state index in [0.29, 0.717) is 5.57 Å². The second kappa shape index (κ2) is 3.17. The van der Waals surface area contributed by atoms with E-state index >= 15 is 0 Å². The number of hydrazine groups is 1. The van der Waals surface area contributed by atoms with Crippen molar-refractivity contribution in [1.82, 2.24) is 5.43 Å². The van der Waals surface area contributed by atoms with Crippen molar-refractivity contribution in [2.24, 2.45) is 5.84 Å². The average molecular weight is 175 g/mol. The standard InChI is InChI=1S/C7H8ClFN2/c1-4-2-3-5(9)6(8)7(4)11-10/h2-3,7,11H,1,10H2. The molecule has 0 fully saturated rings. The first-order valence-corrected chi connectivity index (χ1v) is 3.42. The van der Waals surface area contributed by atoms with Crippen molar-refractivity contribution in [3.8, 4) is 0 Å². The maximum absolute atomic E-state index is 12.7. The van der Waals surface area contributed by atoms with Gasteiger partial charge in [0, 0.05) is 0 Å². The molecule has 1 rings (SSSR count). The molecule has 0 aromatic carbocycles. The molecule has 0 radical (unpaired) electrons. The molecule has 11 heavy (non-hydrogen) atoms. The van der Waals surface area contributed by atoms with Crippen LogP contribution in [0.5, 0.6) is 0 Å². The Morgan fingerprint density at radius 3 is 2.73 bits per heavy atom. The fraction of sp³-hybridized carbons (Fsp3) is 0.143. The van der Waals surface area contributed by atoms with Crippen molar-refractivity contribution in [2.75, 3.05) is 0 Å². The van der Waals surface area contributed by atoms with E-state index < -0.39 is 11.9 Å². The van der Waals surface area contributed by atoms with Crippen molar-refractivity contribution in [1.29, 1.82) is 0 Å². The van der Waals surface area contributed by atoms with Crippen molar-refractivity contribution in [3.05, 3.63) is 35.2 Å². The summed E-state index contributed by atoms with van der Waals surface area (Å²) in [4.78, 5) is 0. The zero-order valence-corrected chi connectivity index (χ0v) is 6.53. The van der Waals surface area contributed by atoms with E-state index in [9.17, 15) is 4.39 Å². The number of rotatable bonds is 1. The van der Waals surface area contributed by atoms with Gasteiger partial charge < -0.3 is 0 Å². The third-order valence-electron chi connectivity index (χ3n) is 1.46. The third kappa shape index (κ3) is 1.50. The van der Waals surface area contributed by atoms with Crippen LogP contribution >= 0.6 is 11.6 Å². The summed E-state index contributed by atoms with van der Waals surface area (Å²) in [5.41, 5.74) is 3.01. The molecule has 4 heteroatoms. The Bertz CT molecular complexity index is 245. The van der Waals surface area contributed by atoms with Gasteiger partial charge in [0.25, 0.3) is 0 Å². The van der Waals surface area contributed by atoms with Crippen LogP contribution in [-0.2, 0) is 0 Å². The van der Waals surface area contributed by atoms with Gasteiger partial charge in [-0.1, -0.05) is 24.3 Å². The highest BCUT2D eigenvalue weighted by Crippen LogP contribution is 2.25. The largest absolute Gasteiger partial charge is 0.271 e. The van der Waals surface area contributed by atoms with Crippen molar-refractivity contribution >= 4 is 11.6 Å². The van der Waals surface area contributed by atoms with Gasteiger partial charge in [0.1, 0.15) is 5.83 Å². The first-order chi connectivity index (χ1) is 5.16. The lowest BCUT2D eigenvalue weighted by atomic mass is 10.0. The highest BCUT2D eigenvalue weighted by molar-refractivity contribution is 6.31. The predicted octanol–water partition coefficient (Wildman–Crippen LogP) is 1.36. The van der Waals surface area contributed by atoms with Gasteiger partial charge in [0.15, 0.2) is 0 Å². The number of allylic oxidation sites excluding steroid dienone is 2. The summed E-state index contributed by atoms with van der Waals surface area (Å²) >= 11 is 5.58. The van der Waals surface area contributed by atoms with Gasteiger partial charge in [-0.15, -0.1) is 0 Å². The zero-order chi connectivity index (χ0) is 8.43. The van der Waals surface area contributed by atoms with Crippen LogP contribution in [0.25, 0.3) is 0 Å². The quantitative estimate of drug-likeness (QED) is 0.466. The highest BCUT2D eigenvalue weighted by Gasteiger charge is 2.19. The Morgan fingerprint density at radius 2 is 2.27 bits per heavy atom. The molecular weight excluding hydrogens is 167 g/mol. The van der Waals surface area contributed by atoms with Crippen LogP contribution in [0.1, 0.15) is 0 Å². The Kier molecular flexibility index (Phi) is 2.44. The molecule has 60 valence electrons. The summed E-state index contributed by atoms with van der Waals surface area (Å²) in [6, 6.07) is -0.485. The number of nitrogens with two attached hydrogens (primary N) is 1. The van der Waals surface area contributed by atoms with Crippen molar-refractivity contribution in [3.63, 3.8) is 0 Å². The molecule has 0 bridgehead atoms. The molecule has 0 aliphatic heterocycles. The van der Waals surface area contributed by atoms with Crippen LogP contribution in [0.2, 0.25) is 0 Å². The lowest BCUT2D eigenvalue weighted by Gasteiger charge is -2.18. The summed E-state index contributed by atoms with van der Waals surface area (Å²) < 4.78 is 12.7. The molecule has 0 spiro atoms. The van der Waals surface area contributed by atoms with Gasteiger partial charge in [-0.2, -0.15) is 0 Å². The Balaban J connectivity index is 2.96. The molecule has 1 aliphatic rings. The summed E-state index contributed by atoms with van der Waals surface area (Å²) in [5.74, 6) is 4.65. The molecule has 3 N–H and O–H groups in total. The Morgan fingerprint density at radius 1 is 1.64 bits per heavy atom. The van der Waals surface area contributed by atoms with E-state index in [1.807, 2.05) is 0 Å². The second-order valence-electron chi connectivity index (χ2n) is 2.20. The minimum absolute atomic E-state index is 0.0556. The van der Waals surface area contributed by atoms with Crippen LogP contribution in [0.3, 0.4) is 0 Å². The van der Waals surface area contributed by atoms with E-state index in [1.54, 1.807) is 0 Å². The Labute approximate surface area is 69.2 Å². The van der Waals surface area contributed by atoms with Gasteiger partial charge in [-0.05, 0) is 11.6 Å². The molecule has 0 saturated heterocycles. The second-order valence-corrected chi connectivity index (χ2v) is 2.61. The summed E-state index contributed by atoms with van der Waals surface area (Å²) in [5, 5.41) is 0.0556.